The number of hydrogen-bond acceptors (Lipinski definition) is 3. The number of rotatable bonds is 4. The van der Waals surface area contributed by atoms with E-state index in [1.54, 1.807) is 18.2 Å². The Morgan fingerprint density at radius 2 is 2.38 bits per heavy atom. The molecule has 0 radical (unpaired) electrons. The molecule has 1 N–H and O–H groups in total. The normalized spacial score (nSPS) is 9.31. The number of ether oxygens (including phenoxy) is 1. The Morgan fingerprint density at radius 1 is 1.62 bits per heavy atom. The smallest absolute Gasteiger partial charge is 0.255 e. The van der Waals surface area contributed by atoms with Gasteiger partial charge in [0.1, 0.15) is 5.75 Å². The molecule has 0 aromatic heterocycles. The summed E-state index contributed by atoms with van der Waals surface area (Å²) in [5.41, 5.74) is 0.462. The molecule has 0 fully saturated rings. The molecular formula is C11H11BrN2O2. The molecule has 0 unspecified atom stereocenters. The van der Waals surface area contributed by atoms with Gasteiger partial charge in [-0.3, -0.25) is 4.79 Å². The maximum atomic E-state index is 11.7. The van der Waals surface area contributed by atoms with Crippen LogP contribution in [0.15, 0.2) is 22.7 Å². The van der Waals surface area contributed by atoms with E-state index in [1.807, 2.05) is 6.07 Å². The monoisotopic (exact) mass is 282 g/mol. The summed E-state index contributed by atoms with van der Waals surface area (Å²) >= 11 is 3.30. The Kier molecular flexibility index (Phi) is 4.80. The minimum absolute atomic E-state index is 0.236. The van der Waals surface area contributed by atoms with Gasteiger partial charge < -0.3 is 10.1 Å². The molecule has 1 aromatic carbocycles. The second-order valence-corrected chi connectivity index (χ2v) is 3.92. The zero-order valence-electron chi connectivity index (χ0n) is 8.79. The molecule has 0 aliphatic rings. The van der Waals surface area contributed by atoms with Crippen molar-refractivity contribution < 1.29 is 9.53 Å². The Bertz CT molecular complexity index is 426. The largest absolute Gasteiger partial charge is 0.496 e. The fourth-order valence-electron chi connectivity index (χ4n) is 1.18. The molecule has 0 aliphatic heterocycles. The first-order chi connectivity index (χ1) is 7.69. The molecule has 0 saturated carbocycles. The molecule has 4 nitrogen and oxygen atoms in total. The van der Waals surface area contributed by atoms with Crippen molar-refractivity contribution in [2.24, 2.45) is 0 Å². The molecule has 1 rings (SSSR count). The fourth-order valence-corrected chi connectivity index (χ4v) is 1.52. The summed E-state index contributed by atoms with van der Waals surface area (Å²) in [6.45, 7) is 0.342. The van der Waals surface area contributed by atoms with Gasteiger partial charge in [0, 0.05) is 11.0 Å². The Hall–Kier alpha value is -1.54. The van der Waals surface area contributed by atoms with Gasteiger partial charge in [0.2, 0.25) is 0 Å². The van der Waals surface area contributed by atoms with Crippen LogP contribution in [0.1, 0.15) is 16.8 Å². The van der Waals surface area contributed by atoms with E-state index in [0.29, 0.717) is 24.3 Å². The van der Waals surface area contributed by atoms with Gasteiger partial charge in [-0.15, -0.1) is 0 Å². The third-order valence-corrected chi connectivity index (χ3v) is 2.42. The predicted octanol–water partition coefficient (Wildman–Crippen LogP) is 2.10. The highest BCUT2D eigenvalue weighted by Crippen LogP contribution is 2.23. The van der Waals surface area contributed by atoms with Crippen molar-refractivity contribution in [3.8, 4) is 11.8 Å². The average molecular weight is 283 g/mol. The van der Waals surface area contributed by atoms with E-state index < -0.39 is 0 Å². The lowest BCUT2D eigenvalue weighted by Gasteiger charge is -2.08. The van der Waals surface area contributed by atoms with Crippen LogP contribution in [0.4, 0.5) is 0 Å². The molecule has 0 heterocycles. The summed E-state index contributed by atoms with van der Waals surface area (Å²) in [5, 5.41) is 11.0. The summed E-state index contributed by atoms with van der Waals surface area (Å²) in [6, 6.07) is 7.12. The van der Waals surface area contributed by atoms with Crippen molar-refractivity contribution >= 4 is 21.8 Å². The quantitative estimate of drug-likeness (QED) is 0.861. The number of nitriles is 1. The molecule has 5 heteroatoms. The van der Waals surface area contributed by atoms with Crippen LogP contribution in [-0.2, 0) is 0 Å². The van der Waals surface area contributed by atoms with E-state index in [2.05, 4.69) is 21.2 Å². The van der Waals surface area contributed by atoms with Gasteiger partial charge in [-0.25, -0.2) is 0 Å². The number of carbonyl (C=O) groups excluding carboxylic acids is 1. The van der Waals surface area contributed by atoms with Crippen LogP contribution in [-0.4, -0.2) is 19.6 Å². The molecule has 1 aromatic rings. The van der Waals surface area contributed by atoms with Crippen LogP contribution >= 0.6 is 15.9 Å². The molecule has 16 heavy (non-hydrogen) atoms. The van der Waals surface area contributed by atoms with Gasteiger partial charge in [0.05, 0.1) is 25.2 Å². The zero-order chi connectivity index (χ0) is 12.0. The lowest BCUT2D eigenvalue weighted by Crippen LogP contribution is -2.24. The van der Waals surface area contributed by atoms with Crippen molar-refractivity contribution in [3.63, 3.8) is 0 Å². The Labute approximate surface area is 102 Å². The summed E-state index contributed by atoms with van der Waals surface area (Å²) in [5.74, 6) is 0.267. The highest BCUT2D eigenvalue weighted by molar-refractivity contribution is 9.10. The van der Waals surface area contributed by atoms with E-state index in [4.69, 9.17) is 10.00 Å². The first kappa shape index (κ1) is 12.5. The number of amides is 1. The lowest BCUT2D eigenvalue weighted by atomic mass is 10.2. The first-order valence-corrected chi connectivity index (χ1v) is 5.47. The SMILES string of the molecule is COc1cc(Br)ccc1C(=O)NCCC#N. The number of carbonyl (C=O) groups is 1. The molecule has 0 saturated heterocycles. The number of hydrogen-bond donors (Lipinski definition) is 1. The van der Waals surface area contributed by atoms with Crippen LogP contribution < -0.4 is 10.1 Å². The van der Waals surface area contributed by atoms with Crippen LogP contribution in [0, 0.1) is 11.3 Å². The minimum atomic E-state index is -0.236. The number of benzene rings is 1. The second kappa shape index (κ2) is 6.13. The molecular weight excluding hydrogens is 272 g/mol. The van der Waals surface area contributed by atoms with Gasteiger partial charge in [-0.2, -0.15) is 5.26 Å². The maximum Gasteiger partial charge on any atom is 0.255 e. The van der Waals surface area contributed by atoms with E-state index in [-0.39, 0.29) is 5.91 Å². The van der Waals surface area contributed by atoms with Gasteiger partial charge in [0.25, 0.3) is 5.91 Å². The molecule has 0 aliphatic carbocycles. The van der Waals surface area contributed by atoms with Gasteiger partial charge in [-0.1, -0.05) is 15.9 Å². The van der Waals surface area contributed by atoms with E-state index in [0.717, 1.165) is 4.47 Å². The van der Waals surface area contributed by atoms with E-state index in [1.165, 1.54) is 7.11 Å². The van der Waals surface area contributed by atoms with Gasteiger partial charge >= 0.3 is 0 Å². The highest BCUT2D eigenvalue weighted by atomic mass is 79.9. The maximum absolute atomic E-state index is 11.7. The summed E-state index contributed by atoms with van der Waals surface area (Å²) < 4.78 is 5.94. The minimum Gasteiger partial charge on any atom is -0.496 e. The number of nitrogens with zero attached hydrogens (tertiary/aromatic N) is 1. The van der Waals surface area contributed by atoms with Crippen LogP contribution in [0.2, 0.25) is 0 Å². The topological polar surface area (TPSA) is 62.1 Å². The van der Waals surface area contributed by atoms with Crippen molar-refractivity contribution in [1.82, 2.24) is 5.32 Å². The molecule has 0 bridgehead atoms. The predicted molar refractivity (Wildman–Crippen MR) is 63.3 cm³/mol. The molecule has 0 spiro atoms. The van der Waals surface area contributed by atoms with E-state index >= 15 is 0 Å². The third-order valence-electron chi connectivity index (χ3n) is 1.93. The molecule has 84 valence electrons. The number of halogens is 1. The lowest BCUT2D eigenvalue weighted by molar-refractivity contribution is 0.0951. The third kappa shape index (κ3) is 3.24. The summed E-state index contributed by atoms with van der Waals surface area (Å²) in [4.78, 5) is 11.7. The number of methoxy groups -OCH3 is 1. The summed E-state index contributed by atoms with van der Waals surface area (Å²) in [7, 11) is 1.51. The highest BCUT2D eigenvalue weighted by Gasteiger charge is 2.11. The average Bonchev–Trinajstić information content (AvgIpc) is 2.29. The Morgan fingerprint density at radius 3 is 3.00 bits per heavy atom. The van der Waals surface area contributed by atoms with Crippen molar-refractivity contribution in [1.29, 1.82) is 5.26 Å². The van der Waals surface area contributed by atoms with Crippen molar-refractivity contribution in [2.75, 3.05) is 13.7 Å². The fraction of sp³-hybridized carbons (Fsp3) is 0.273. The first-order valence-electron chi connectivity index (χ1n) is 4.67. The van der Waals surface area contributed by atoms with Crippen molar-refractivity contribution in [3.05, 3.63) is 28.2 Å². The zero-order valence-corrected chi connectivity index (χ0v) is 10.4. The van der Waals surface area contributed by atoms with Crippen LogP contribution in [0.25, 0.3) is 0 Å². The van der Waals surface area contributed by atoms with Crippen LogP contribution in [0.3, 0.4) is 0 Å². The number of nitrogens with one attached hydrogen (secondary N) is 1. The van der Waals surface area contributed by atoms with Gasteiger partial charge in [0.15, 0.2) is 0 Å². The molecule has 1 amide bonds. The van der Waals surface area contributed by atoms with Crippen molar-refractivity contribution in [2.45, 2.75) is 6.42 Å². The standard InChI is InChI=1S/C11H11BrN2O2/c1-16-10-7-8(12)3-4-9(10)11(15)14-6-2-5-13/h3-4,7H,2,6H2,1H3,(H,14,15). The van der Waals surface area contributed by atoms with Crippen LogP contribution in [0.5, 0.6) is 5.75 Å². The van der Waals surface area contributed by atoms with Gasteiger partial charge in [-0.05, 0) is 18.2 Å². The van der Waals surface area contributed by atoms with E-state index in [9.17, 15) is 4.79 Å². The summed E-state index contributed by atoms with van der Waals surface area (Å²) in [6.07, 6.45) is 0.296. The molecule has 0 atom stereocenters. The Balaban J connectivity index is 2.79. The second-order valence-electron chi connectivity index (χ2n) is 3.01.